The number of hydrogen-bond acceptors (Lipinski definition) is 6. The minimum Gasteiger partial charge on any atom is -0.486 e. The first-order chi connectivity index (χ1) is 13.0. The number of amides is 1. The van der Waals surface area contributed by atoms with Gasteiger partial charge in [0, 0.05) is 38.9 Å². The van der Waals surface area contributed by atoms with Crippen molar-refractivity contribution in [2.45, 2.75) is 31.3 Å². The molecule has 27 heavy (non-hydrogen) atoms. The normalized spacial score (nSPS) is 19.0. The van der Waals surface area contributed by atoms with Gasteiger partial charge in [-0.1, -0.05) is 6.92 Å². The van der Waals surface area contributed by atoms with E-state index in [-0.39, 0.29) is 23.9 Å². The maximum Gasteiger partial charge on any atom is 0.251 e. The molecule has 9 heteroatoms. The lowest BCUT2D eigenvalue weighted by Gasteiger charge is -2.35. The number of hydrogen-bond donors (Lipinski definition) is 0. The summed E-state index contributed by atoms with van der Waals surface area (Å²) >= 11 is 0. The number of fused-ring (bicyclic) bond motifs is 1. The summed E-state index contributed by atoms with van der Waals surface area (Å²) in [6.07, 6.45) is 0.138. The average Bonchev–Trinajstić information content (AvgIpc) is 2.71. The molecule has 3 rings (SSSR count). The van der Waals surface area contributed by atoms with Crippen LogP contribution < -0.4 is 9.47 Å². The van der Waals surface area contributed by atoms with Crippen LogP contribution in [0.3, 0.4) is 0 Å². The summed E-state index contributed by atoms with van der Waals surface area (Å²) in [5, 5.41) is 0. The van der Waals surface area contributed by atoms with Crippen molar-refractivity contribution in [1.82, 2.24) is 9.21 Å². The SMILES string of the molecule is CCOC(CC)C(=O)N1CCN(S(=O)(=O)c2ccc3c(c2)OCCO3)CC1. The quantitative estimate of drug-likeness (QED) is 0.714. The van der Waals surface area contributed by atoms with Crippen molar-refractivity contribution in [1.29, 1.82) is 0 Å². The zero-order valence-electron chi connectivity index (χ0n) is 15.7. The fourth-order valence-corrected chi connectivity index (χ4v) is 4.69. The van der Waals surface area contributed by atoms with E-state index in [0.717, 1.165) is 0 Å². The van der Waals surface area contributed by atoms with E-state index in [4.69, 9.17) is 14.2 Å². The van der Waals surface area contributed by atoms with Gasteiger partial charge in [0.1, 0.15) is 19.3 Å². The van der Waals surface area contributed by atoms with Crippen molar-refractivity contribution in [2.75, 3.05) is 46.0 Å². The van der Waals surface area contributed by atoms with Crippen molar-refractivity contribution < 1.29 is 27.4 Å². The second-order valence-corrected chi connectivity index (χ2v) is 8.33. The van der Waals surface area contributed by atoms with E-state index in [0.29, 0.717) is 50.8 Å². The van der Waals surface area contributed by atoms with E-state index in [1.54, 1.807) is 11.0 Å². The van der Waals surface area contributed by atoms with Gasteiger partial charge in [0.2, 0.25) is 10.0 Å². The van der Waals surface area contributed by atoms with Crippen LogP contribution >= 0.6 is 0 Å². The average molecular weight is 398 g/mol. The summed E-state index contributed by atoms with van der Waals surface area (Å²) in [5.74, 6) is 0.923. The van der Waals surface area contributed by atoms with Gasteiger partial charge in [-0.2, -0.15) is 4.31 Å². The Balaban J connectivity index is 1.67. The van der Waals surface area contributed by atoms with E-state index >= 15 is 0 Å². The van der Waals surface area contributed by atoms with Gasteiger partial charge in [-0.25, -0.2) is 8.42 Å². The maximum absolute atomic E-state index is 12.9. The first-order valence-electron chi connectivity index (χ1n) is 9.27. The van der Waals surface area contributed by atoms with Crippen LogP contribution in [-0.2, 0) is 19.6 Å². The molecule has 1 amide bonds. The molecule has 0 aliphatic carbocycles. The van der Waals surface area contributed by atoms with Crippen molar-refractivity contribution in [3.8, 4) is 11.5 Å². The first kappa shape index (κ1) is 19.9. The molecule has 150 valence electrons. The van der Waals surface area contributed by atoms with Crippen LogP contribution in [-0.4, -0.2) is 75.6 Å². The Morgan fingerprint density at radius 2 is 1.78 bits per heavy atom. The van der Waals surface area contributed by atoms with Crippen molar-refractivity contribution >= 4 is 15.9 Å². The van der Waals surface area contributed by atoms with Crippen LogP contribution in [0, 0.1) is 0 Å². The number of carbonyl (C=O) groups excluding carboxylic acids is 1. The number of carbonyl (C=O) groups is 1. The fraction of sp³-hybridized carbons (Fsp3) is 0.611. The molecule has 1 aromatic carbocycles. The molecule has 8 nitrogen and oxygen atoms in total. The van der Waals surface area contributed by atoms with E-state index in [1.807, 2.05) is 13.8 Å². The van der Waals surface area contributed by atoms with Crippen molar-refractivity contribution in [3.63, 3.8) is 0 Å². The van der Waals surface area contributed by atoms with E-state index in [9.17, 15) is 13.2 Å². The molecule has 0 saturated carbocycles. The Kier molecular flexibility index (Phi) is 6.23. The monoisotopic (exact) mass is 398 g/mol. The van der Waals surface area contributed by atoms with Crippen molar-refractivity contribution in [3.05, 3.63) is 18.2 Å². The summed E-state index contributed by atoms with van der Waals surface area (Å²) in [7, 11) is -3.65. The Hall–Kier alpha value is -1.84. The third kappa shape index (κ3) is 4.20. The van der Waals surface area contributed by atoms with Crippen molar-refractivity contribution in [2.24, 2.45) is 0 Å². The zero-order valence-corrected chi connectivity index (χ0v) is 16.5. The molecule has 1 fully saturated rings. The smallest absolute Gasteiger partial charge is 0.251 e. The van der Waals surface area contributed by atoms with Gasteiger partial charge in [-0.3, -0.25) is 4.79 Å². The molecule has 2 aliphatic rings. The van der Waals surface area contributed by atoms with Gasteiger partial charge >= 0.3 is 0 Å². The topological polar surface area (TPSA) is 85.4 Å². The lowest BCUT2D eigenvalue weighted by Crippen LogP contribution is -2.53. The van der Waals surface area contributed by atoms with Gasteiger partial charge in [-0.05, 0) is 25.5 Å². The third-order valence-electron chi connectivity index (χ3n) is 4.72. The highest BCUT2D eigenvalue weighted by atomic mass is 32.2. The van der Waals surface area contributed by atoms with Gasteiger partial charge in [-0.15, -0.1) is 0 Å². The highest BCUT2D eigenvalue weighted by Crippen LogP contribution is 2.33. The molecule has 0 radical (unpaired) electrons. The number of ether oxygens (including phenoxy) is 3. The van der Waals surface area contributed by atoms with Crippen LogP contribution in [0.5, 0.6) is 11.5 Å². The standard InChI is InChI=1S/C18H26N2O6S/c1-3-15(24-4-2)18(21)19-7-9-20(10-8-19)27(22,23)14-5-6-16-17(13-14)26-12-11-25-16/h5-6,13,15H,3-4,7-12H2,1-2H3. The highest BCUT2D eigenvalue weighted by Gasteiger charge is 2.33. The van der Waals surface area contributed by atoms with Gasteiger partial charge in [0.05, 0.1) is 4.90 Å². The molecule has 0 N–H and O–H groups in total. The third-order valence-corrected chi connectivity index (χ3v) is 6.61. The van der Waals surface area contributed by atoms with Crippen LogP contribution in [0.4, 0.5) is 0 Å². The Labute approximate surface area is 160 Å². The number of nitrogens with zero attached hydrogens (tertiary/aromatic N) is 2. The van der Waals surface area contributed by atoms with Crippen LogP contribution in [0.15, 0.2) is 23.1 Å². The van der Waals surface area contributed by atoms with Gasteiger partial charge in [0.25, 0.3) is 5.91 Å². The Morgan fingerprint density at radius 3 is 2.41 bits per heavy atom. The lowest BCUT2D eigenvalue weighted by atomic mass is 10.2. The van der Waals surface area contributed by atoms with Gasteiger partial charge < -0.3 is 19.1 Å². The number of piperazine rings is 1. The molecule has 1 saturated heterocycles. The largest absolute Gasteiger partial charge is 0.486 e. The summed E-state index contributed by atoms with van der Waals surface area (Å²) in [4.78, 5) is 14.4. The Bertz CT molecular complexity index is 774. The van der Waals surface area contributed by atoms with Gasteiger partial charge in [0.15, 0.2) is 11.5 Å². The zero-order chi connectivity index (χ0) is 19.4. The molecule has 2 aliphatic heterocycles. The molecule has 0 aromatic heterocycles. The molecular weight excluding hydrogens is 372 g/mol. The molecule has 2 heterocycles. The molecule has 1 unspecified atom stereocenters. The summed E-state index contributed by atoms with van der Waals surface area (Å²) in [6, 6.07) is 4.65. The molecular formula is C18H26N2O6S. The minimum absolute atomic E-state index is 0.0734. The highest BCUT2D eigenvalue weighted by molar-refractivity contribution is 7.89. The lowest BCUT2D eigenvalue weighted by molar-refractivity contribution is -0.144. The maximum atomic E-state index is 12.9. The number of rotatable bonds is 6. The molecule has 1 atom stereocenters. The number of sulfonamides is 1. The Morgan fingerprint density at radius 1 is 1.11 bits per heavy atom. The number of benzene rings is 1. The summed E-state index contributed by atoms with van der Waals surface area (Å²) < 4.78 is 43.7. The summed E-state index contributed by atoms with van der Waals surface area (Å²) in [5.41, 5.74) is 0. The van der Waals surface area contributed by atoms with E-state index in [1.165, 1.54) is 16.4 Å². The minimum atomic E-state index is -3.65. The first-order valence-corrected chi connectivity index (χ1v) is 10.7. The predicted molar refractivity (Wildman–Crippen MR) is 98.5 cm³/mol. The second kappa shape index (κ2) is 8.45. The summed E-state index contributed by atoms with van der Waals surface area (Å²) in [6.45, 7) is 6.30. The van der Waals surface area contributed by atoms with Crippen LogP contribution in [0.1, 0.15) is 20.3 Å². The second-order valence-electron chi connectivity index (χ2n) is 6.39. The molecule has 0 bridgehead atoms. The fourth-order valence-electron chi connectivity index (χ4n) is 3.25. The van der Waals surface area contributed by atoms with E-state index in [2.05, 4.69) is 0 Å². The van der Waals surface area contributed by atoms with Crippen LogP contribution in [0.25, 0.3) is 0 Å². The van der Waals surface area contributed by atoms with E-state index < -0.39 is 16.1 Å². The van der Waals surface area contributed by atoms with Crippen LogP contribution in [0.2, 0.25) is 0 Å². The molecule has 1 aromatic rings. The predicted octanol–water partition coefficient (Wildman–Crippen LogP) is 1.11. The molecule has 0 spiro atoms.